The Labute approximate surface area is 97.7 Å². The molecule has 1 N–H and O–H groups in total. The Kier molecular flexibility index (Phi) is 5.72. The van der Waals surface area contributed by atoms with Gasteiger partial charge in [-0.3, -0.25) is 0 Å². The van der Waals surface area contributed by atoms with E-state index in [9.17, 15) is 0 Å². The van der Waals surface area contributed by atoms with E-state index >= 15 is 0 Å². The van der Waals surface area contributed by atoms with Crippen LogP contribution in [0, 0.1) is 0 Å². The van der Waals surface area contributed by atoms with Crippen molar-refractivity contribution in [1.29, 1.82) is 0 Å². The lowest BCUT2D eigenvalue weighted by molar-refractivity contribution is 0.285. The van der Waals surface area contributed by atoms with Crippen LogP contribution in [0.15, 0.2) is 24.3 Å². The number of aliphatic hydroxyl groups is 1. The lowest BCUT2D eigenvalue weighted by Gasteiger charge is -2.21. The van der Waals surface area contributed by atoms with E-state index in [1.54, 1.807) is 0 Å². The van der Waals surface area contributed by atoms with E-state index in [2.05, 4.69) is 18.0 Å². The molecule has 0 aliphatic rings. The lowest BCUT2D eigenvalue weighted by atomic mass is 10.2. The molecule has 0 radical (unpaired) electrons. The lowest BCUT2D eigenvalue weighted by Crippen LogP contribution is -2.19. The molecule has 0 aliphatic carbocycles. The van der Waals surface area contributed by atoms with Crippen molar-refractivity contribution >= 4 is 5.69 Å². The van der Waals surface area contributed by atoms with E-state index < -0.39 is 0 Å². The molecule has 1 aromatic carbocycles. The molecular formula is C13H21NO2. The van der Waals surface area contributed by atoms with Gasteiger partial charge in [0.25, 0.3) is 0 Å². The Balaban J connectivity index is 2.62. The van der Waals surface area contributed by atoms with Gasteiger partial charge in [0.15, 0.2) is 0 Å². The number of unbranched alkanes of at least 4 members (excludes halogenated alkanes) is 1. The predicted molar refractivity (Wildman–Crippen MR) is 67.2 cm³/mol. The van der Waals surface area contributed by atoms with Crippen LogP contribution in [-0.2, 0) is 0 Å². The van der Waals surface area contributed by atoms with Crippen LogP contribution in [0.4, 0.5) is 5.69 Å². The van der Waals surface area contributed by atoms with Crippen molar-refractivity contribution in [2.75, 3.05) is 31.7 Å². The molecule has 1 rings (SSSR count). The van der Waals surface area contributed by atoms with Crippen molar-refractivity contribution in [2.45, 2.75) is 19.8 Å². The normalized spacial score (nSPS) is 10.2. The average Bonchev–Trinajstić information content (AvgIpc) is 2.30. The summed E-state index contributed by atoms with van der Waals surface area (Å²) in [6.45, 7) is 3.87. The van der Waals surface area contributed by atoms with Crippen molar-refractivity contribution in [2.24, 2.45) is 0 Å². The van der Waals surface area contributed by atoms with Gasteiger partial charge in [-0.1, -0.05) is 12.1 Å². The van der Waals surface area contributed by atoms with Crippen LogP contribution in [-0.4, -0.2) is 31.9 Å². The predicted octanol–water partition coefficient (Wildman–Crippen LogP) is 2.29. The summed E-state index contributed by atoms with van der Waals surface area (Å²) in [6, 6.07) is 8.04. The fourth-order valence-corrected chi connectivity index (χ4v) is 1.63. The van der Waals surface area contributed by atoms with Crippen molar-refractivity contribution in [3.63, 3.8) is 0 Å². The molecule has 0 spiro atoms. The van der Waals surface area contributed by atoms with E-state index in [1.807, 2.05) is 25.1 Å². The molecule has 0 aromatic heterocycles. The molecular weight excluding hydrogens is 202 g/mol. The van der Waals surface area contributed by atoms with Gasteiger partial charge in [0, 0.05) is 20.2 Å². The van der Waals surface area contributed by atoms with Gasteiger partial charge in [-0.05, 0) is 31.9 Å². The van der Waals surface area contributed by atoms with Crippen LogP contribution < -0.4 is 9.64 Å². The summed E-state index contributed by atoms with van der Waals surface area (Å²) in [7, 11) is 2.05. The molecule has 0 saturated carbocycles. The minimum atomic E-state index is 0.265. The Bertz CT molecular complexity index is 302. The molecule has 3 heteroatoms. The van der Waals surface area contributed by atoms with E-state index in [0.29, 0.717) is 6.61 Å². The molecule has 16 heavy (non-hydrogen) atoms. The molecule has 0 aliphatic heterocycles. The number of aliphatic hydroxyl groups excluding tert-OH is 1. The van der Waals surface area contributed by atoms with Crippen LogP contribution in [0.1, 0.15) is 19.8 Å². The standard InChI is InChI=1S/C13H21NO2/c1-3-16-13-9-5-4-8-12(13)14(2)10-6-7-11-15/h4-5,8-9,15H,3,6-7,10-11H2,1-2H3. The maximum atomic E-state index is 8.75. The summed E-state index contributed by atoms with van der Waals surface area (Å²) in [4.78, 5) is 2.17. The first kappa shape index (κ1) is 12.8. The van der Waals surface area contributed by atoms with E-state index in [1.165, 1.54) is 0 Å². The molecule has 1 aromatic rings. The number of ether oxygens (including phenoxy) is 1. The third-order valence-corrected chi connectivity index (χ3v) is 2.48. The summed E-state index contributed by atoms with van der Waals surface area (Å²) < 4.78 is 5.57. The van der Waals surface area contributed by atoms with Crippen molar-refractivity contribution in [3.8, 4) is 5.75 Å². The summed E-state index contributed by atoms with van der Waals surface area (Å²) in [5, 5.41) is 8.75. The van der Waals surface area contributed by atoms with E-state index in [4.69, 9.17) is 9.84 Å². The summed E-state index contributed by atoms with van der Waals surface area (Å²) in [6.07, 6.45) is 1.84. The number of rotatable bonds is 7. The third-order valence-electron chi connectivity index (χ3n) is 2.48. The highest BCUT2D eigenvalue weighted by Crippen LogP contribution is 2.27. The molecule has 0 saturated heterocycles. The van der Waals surface area contributed by atoms with Gasteiger partial charge < -0.3 is 14.7 Å². The molecule has 3 nitrogen and oxygen atoms in total. The topological polar surface area (TPSA) is 32.7 Å². The molecule has 0 fully saturated rings. The van der Waals surface area contributed by atoms with Gasteiger partial charge in [0.05, 0.1) is 12.3 Å². The Morgan fingerprint density at radius 3 is 2.69 bits per heavy atom. The second kappa shape index (κ2) is 7.12. The van der Waals surface area contributed by atoms with Crippen LogP contribution in [0.25, 0.3) is 0 Å². The van der Waals surface area contributed by atoms with Gasteiger partial charge in [-0.25, -0.2) is 0 Å². The van der Waals surface area contributed by atoms with Crippen molar-refractivity contribution in [3.05, 3.63) is 24.3 Å². The van der Waals surface area contributed by atoms with Crippen LogP contribution in [0.3, 0.4) is 0 Å². The van der Waals surface area contributed by atoms with Gasteiger partial charge in [0.1, 0.15) is 5.75 Å². The fourth-order valence-electron chi connectivity index (χ4n) is 1.63. The number of para-hydroxylation sites is 2. The zero-order valence-electron chi connectivity index (χ0n) is 10.1. The molecule has 0 amide bonds. The number of anilines is 1. The smallest absolute Gasteiger partial charge is 0.142 e. The zero-order valence-corrected chi connectivity index (χ0v) is 10.1. The number of hydrogen-bond acceptors (Lipinski definition) is 3. The van der Waals surface area contributed by atoms with Crippen molar-refractivity contribution in [1.82, 2.24) is 0 Å². The van der Waals surface area contributed by atoms with E-state index in [0.717, 1.165) is 30.8 Å². The minimum absolute atomic E-state index is 0.265. The highest BCUT2D eigenvalue weighted by Gasteiger charge is 2.06. The average molecular weight is 223 g/mol. The molecule has 90 valence electrons. The third kappa shape index (κ3) is 3.74. The SMILES string of the molecule is CCOc1ccccc1N(C)CCCCO. The van der Waals surface area contributed by atoms with Crippen LogP contribution >= 0.6 is 0 Å². The Morgan fingerprint density at radius 2 is 2.00 bits per heavy atom. The molecule has 0 atom stereocenters. The first-order valence-corrected chi connectivity index (χ1v) is 5.83. The Morgan fingerprint density at radius 1 is 1.25 bits per heavy atom. The maximum Gasteiger partial charge on any atom is 0.142 e. The highest BCUT2D eigenvalue weighted by atomic mass is 16.5. The molecule has 0 heterocycles. The number of nitrogens with zero attached hydrogens (tertiary/aromatic N) is 1. The number of hydrogen-bond donors (Lipinski definition) is 1. The van der Waals surface area contributed by atoms with Gasteiger partial charge in [-0.15, -0.1) is 0 Å². The Hall–Kier alpha value is -1.22. The first-order valence-electron chi connectivity index (χ1n) is 5.83. The monoisotopic (exact) mass is 223 g/mol. The second-order valence-electron chi connectivity index (χ2n) is 3.75. The quantitative estimate of drug-likeness (QED) is 0.720. The first-order chi connectivity index (χ1) is 7.79. The summed E-state index contributed by atoms with van der Waals surface area (Å²) >= 11 is 0. The zero-order chi connectivity index (χ0) is 11.8. The largest absolute Gasteiger partial charge is 0.492 e. The molecule has 0 bridgehead atoms. The highest BCUT2D eigenvalue weighted by molar-refractivity contribution is 5.57. The fraction of sp³-hybridized carbons (Fsp3) is 0.538. The van der Waals surface area contributed by atoms with Gasteiger partial charge in [-0.2, -0.15) is 0 Å². The summed E-state index contributed by atoms with van der Waals surface area (Å²) in [5.74, 6) is 0.927. The molecule has 0 unspecified atom stereocenters. The summed E-state index contributed by atoms with van der Waals surface area (Å²) in [5.41, 5.74) is 1.11. The van der Waals surface area contributed by atoms with E-state index in [-0.39, 0.29) is 6.61 Å². The van der Waals surface area contributed by atoms with Gasteiger partial charge in [0.2, 0.25) is 0 Å². The van der Waals surface area contributed by atoms with Crippen LogP contribution in [0.5, 0.6) is 5.75 Å². The minimum Gasteiger partial charge on any atom is -0.492 e. The second-order valence-corrected chi connectivity index (χ2v) is 3.75. The number of benzene rings is 1. The van der Waals surface area contributed by atoms with Crippen molar-refractivity contribution < 1.29 is 9.84 Å². The van der Waals surface area contributed by atoms with Gasteiger partial charge >= 0.3 is 0 Å². The maximum absolute atomic E-state index is 8.75. The van der Waals surface area contributed by atoms with Crippen LogP contribution in [0.2, 0.25) is 0 Å².